The third-order valence-corrected chi connectivity index (χ3v) is 4.36. The smallest absolute Gasteiger partial charge is 0.290 e. The molecule has 0 saturated carbocycles. The van der Waals surface area contributed by atoms with Gasteiger partial charge < -0.3 is 19.3 Å². The molecule has 9 nitrogen and oxygen atoms in total. The first kappa shape index (κ1) is 20.6. The number of carboxylic acid groups (broad SMARTS) is 1. The predicted octanol–water partition coefficient (Wildman–Crippen LogP) is 3.21. The van der Waals surface area contributed by atoms with Gasteiger partial charge in [0.05, 0.1) is 44.9 Å². The summed E-state index contributed by atoms with van der Waals surface area (Å²) >= 11 is 0. The Morgan fingerprint density at radius 1 is 1.00 bits per heavy atom. The van der Waals surface area contributed by atoms with Crippen molar-refractivity contribution in [2.24, 2.45) is 0 Å². The minimum Gasteiger partial charge on any atom is -0.497 e. The number of aromatic nitrogens is 4. The van der Waals surface area contributed by atoms with E-state index in [4.69, 9.17) is 24.1 Å². The molecule has 2 aromatic heterocycles. The maximum absolute atomic E-state index is 8.36. The number of carbonyl (C=O) groups is 1. The lowest BCUT2D eigenvalue weighted by molar-refractivity contribution is -0.122. The van der Waals surface area contributed by atoms with E-state index < -0.39 is 0 Å². The third kappa shape index (κ3) is 4.14. The molecule has 4 aromatic rings. The molecule has 0 fully saturated rings. The highest BCUT2D eigenvalue weighted by Crippen LogP contribution is 2.35. The van der Waals surface area contributed by atoms with Gasteiger partial charge in [0, 0.05) is 34.8 Å². The number of nitrogens with zero attached hydrogens (tertiary/aromatic N) is 4. The summed E-state index contributed by atoms with van der Waals surface area (Å²) in [6.07, 6.45) is 5.47. The maximum Gasteiger partial charge on any atom is 0.290 e. The molecule has 0 aliphatic rings. The molecule has 0 radical (unpaired) electrons. The average molecular weight is 408 g/mol. The van der Waals surface area contributed by atoms with Crippen LogP contribution in [0.1, 0.15) is 0 Å². The summed E-state index contributed by atoms with van der Waals surface area (Å²) in [5.41, 5.74) is 3.46. The second-order valence-corrected chi connectivity index (χ2v) is 5.96. The number of hydrogen-bond donors (Lipinski definition) is 1. The Labute approximate surface area is 172 Å². The van der Waals surface area contributed by atoms with E-state index in [-0.39, 0.29) is 6.47 Å². The SMILES string of the molecule is COc1cccc(-n2cc(-c3cnnc4cc(OC)c(OC)cc34)cn2)c1.O=CO. The summed E-state index contributed by atoms with van der Waals surface area (Å²) < 4.78 is 17.9. The van der Waals surface area contributed by atoms with E-state index in [0.29, 0.717) is 11.5 Å². The van der Waals surface area contributed by atoms with Crippen LogP contribution >= 0.6 is 0 Å². The molecule has 0 saturated heterocycles. The molecule has 4 rings (SSSR count). The Morgan fingerprint density at radius 3 is 2.43 bits per heavy atom. The van der Waals surface area contributed by atoms with Crippen LogP contribution in [-0.4, -0.2) is 52.9 Å². The fraction of sp³-hybridized carbons (Fsp3) is 0.143. The van der Waals surface area contributed by atoms with E-state index in [0.717, 1.165) is 33.5 Å². The standard InChI is InChI=1S/C20H18N4O3.CH2O2/c1-25-15-6-4-5-14(7-15)24-12-13(10-22-24)17-11-21-23-18-9-20(27-3)19(26-2)8-16(17)18;2-1-3/h4-12H,1-3H3;1H,(H,2,3). The van der Waals surface area contributed by atoms with Gasteiger partial charge in [-0.1, -0.05) is 6.07 Å². The van der Waals surface area contributed by atoms with E-state index in [1.807, 2.05) is 42.6 Å². The number of benzene rings is 2. The van der Waals surface area contributed by atoms with Crippen LogP contribution in [-0.2, 0) is 4.79 Å². The van der Waals surface area contributed by atoms with Crippen LogP contribution in [0, 0.1) is 0 Å². The molecule has 0 aliphatic carbocycles. The Kier molecular flexibility index (Phi) is 6.43. The zero-order valence-electron chi connectivity index (χ0n) is 16.6. The molecule has 1 N–H and O–H groups in total. The second-order valence-electron chi connectivity index (χ2n) is 5.96. The molecule has 9 heteroatoms. The lowest BCUT2D eigenvalue weighted by Crippen LogP contribution is -1.95. The van der Waals surface area contributed by atoms with Gasteiger partial charge >= 0.3 is 0 Å². The van der Waals surface area contributed by atoms with Crippen LogP contribution in [0.5, 0.6) is 17.2 Å². The van der Waals surface area contributed by atoms with Gasteiger partial charge in [0.25, 0.3) is 6.47 Å². The first-order valence-electron chi connectivity index (χ1n) is 8.79. The molecule has 2 aromatic carbocycles. The van der Waals surface area contributed by atoms with Gasteiger partial charge in [0.1, 0.15) is 5.75 Å². The zero-order chi connectivity index (χ0) is 21.5. The Balaban J connectivity index is 0.000000806. The Morgan fingerprint density at radius 2 is 1.73 bits per heavy atom. The van der Waals surface area contributed by atoms with E-state index in [2.05, 4.69) is 15.3 Å². The van der Waals surface area contributed by atoms with Crippen LogP contribution in [0.25, 0.3) is 27.7 Å². The number of rotatable bonds is 5. The summed E-state index contributed by atoms with van der Waals surface area (Å²) in [7, 11) is 4.85. The number of methoxy groups -OCH3 is 3. The Bertz CT molecular complexity index is 1160. The van der Waals surface area contributed by atoms with Gasteiger partial charge in [0.2, 0.25) is 0 Å². The van der Waals surface area contributed by atoms with Gasteiger partial charge in [-0.2, -0.15) is 15.3 Å². The minimum absolute atomic E-state index is 0.250. The molecule has 30 heavy (non-hydrogen) atoms. The van der Waals surface area contributed by atoms with Crippen molar-refractivity contribution in [2.45, 2.75) is 0 Å². The molecule has 0 amide bonds. The molecular weight excluding hydrogens is 388 g/mol. The van der Waals surface area contributed by atoms with Crippen molar-refractivity contribution in [2.75, 3.05) is 21.3 Å². The van der Waals surface area contributed by atoms with Gasteiger partial charge in [0.15, 0.2) is 11.5 Å². The monoisotopic (exact) mass is 408 g/mol. The molecule has 2 heterocycles. The maximum atomic E-state index is 8.36. The fourth-order valence-corrected chi connectivity index (χ4v) is 2.97. The van der Waals surface area contributed by atoms with Crippen LogP contribution < -0.4 is 14.2 Å². The molecule has 0 atom stereocenters. The topological polar surface area (TPSA) is 109 Å². The van der Waals surface area contributed by atoms with Crippen molar-refractivity contribution in [3.05, 3.63) is 55.0 Å². The van der Waals surface area contributed by atoms with Crippen molar-refractivity contribution in [1.82, 2.24) is 20.0 Å². The highest BCUT2D eigenvalue weighted by molar-refractivity contribution is 5.95. The molecule has 0 aliphatic heterocycles. The van der Waals surface area contributed by atoms with Crippen molar-refractivity contribution >= 4 is 17.4 Å². The fourth-order valence-electron chi connectivity index (χ4n) is 2.97. The molecule has 154 valence electrons. The quantitative estimate of drug-likeness (QED) is 0.502. The molecule has 0 unspecified atom stereocenters. The molecular formula is C21H20N4O5. The summed E-state index contributed by atoms with van der Waals surface area (Å²) in [6, 6.07) is 11.4. The number of hydrogen-bond acceptors (Lipinski definition) is 7. The van der Waals surface area contributed by atoms with Crippen LogP contribution in [0.15, 0.2) is 55.0 Å². The van der Waals surface area contributed by atoms with Crippen molar-refractivity contribution in [1.29, 1.82) is 0 Å². The average Bonchev–Trinajstić information content (AvgIpc) is 3.28. The van der Waals surface area contributed by atoms with Gasteiger partial charge in [-0.25, -0.2) is 4.68 Å². The first-order chi connectivity index (χ1) is 14.6. The van der Waals surface area contributed by atoms with E-state index in [1.165, 1.54) is 0 Å². The number of fused-ring (bicyclic) bond motifs is 1. The van der Waals surface area contributed by atoms with Crippen molar-refractivity contribution in [3.63, 3.8) is 0 Å². The lowest BCUT2D eigenvalue weighted by atomic mass is 10.1. The van der Waals surface area contributed by atoms with Gasteiger partial charge in [-0.3, -0.25) is 4.79 Å². The van der Waals surface area contributed by atoms with E-state index >= 15 is 0 Å². The summed E-state index contributed by atoms with van der Waals surface area (Å²) in [5.74, 6) is 2.03. The zero-order valence-corrected chi connectivity index (χ0v) is 16.6. The van der Waals surface area contributed by atoms with Crippen molar-refractivity contribution in [3.8, 4) is 34.1 Å². The highest BCUT2D eigenvalue weighted by Gasteiger charge is 2.13. The van der Waals surface area contributed by atoms with Crippen LogP contribution in [0.4, 0.5) is 0 Å². The van der Waals surface area contributed by atoms with Gasteiger partial charge in [-0.05, 0) is 18.2 Å². The van der Waals surface area contributed by atoms with Crippen molar-refractivity contribution < 1.29 is 24.1 Å². The van der Waals surface area contributed by atoms with Gasteiger partial charge in [-0.15, -0.1) is 0 Å². The predicted molar refractivity (Wildman–Crippen MR) is 110 cm³/mol. The van der Waals surface area contributed by atoms with Crippen LogP contribution in [0.2, 0.25) is 0 Å². The van der Waals surface area contributed by atoms with Crippen LogP contribution in [0.3, 0.4) is 0 Å². The Hall–Kier alpha value is -4.14. The highest BCUT2D eigenvalue weighted by atomic mass is 16.5. The summed E-state index contributed by atoms with van der Waals surface area (Å²) in [6.45, 7) is -0.250. The normalized spacial score (nSPS) is 10.1. The van der Waals surface area contributed by atoms with E-state index in [1.54, 1.807) is 38.4 Å². The first-order valence-corrected chi connectivity index (χ1v) is 8.79. The second kappa shape index (κ2) is 9.37. The lowest BCUT2D eigenvalue weighted by Gasteiger charge is -2.10. The molecule has 0 spiro atoms. The summed E-state index contributed by atoms with van der Waals surface area (Å²) in [5, 5.41) is 20.6. The largest absolute Gasteiger partial charge is 0.497 e. The van der Waals surface area contributed by atoms with E-state index in [9.17, 15) is 0 Å². The minimum atomic E-state index is -0.250. The third-order valence-electron chi connectivity index (χ3n) is 4.36. The number of ether oxygens (including phenoxy) is 3. The summed E-state index contributed by atoms with van der Waals surface area (Å²) in [4.78, 5) is 8.36. The molecule has 0 bridgehead atoms.